The molecular formula is C19H30FIN4O. The number of nitrogens with zero attached hydrogens (tertiary/aromatic N) is 1. The monoisotopic (exact) mass is 476 g/mol. The van der Waals surface area contributed by atoms with E-state index in [-0.39, 0.29) is 41.7 Å². The molecule has 0 aromatic heterocycles. The zero-order valence-corrected chi connectivity index (χ0v) is 18.1. The summed E-state index contributed by atoms with van der Waals surface area (Å²) >= 11 is 0. The van der Waals surface area contributed by atoms with Crippen molar-refractivity contribution >= 4 is 35.8 Å². The molecule has 146 valence electrons. The minimum Gasteiger partial charge on any atom is -0.357 e. The van der Waals surface area contributed by atoms with E-state index < -0.39 is 0 Å². The quantitative estimate of drug-likeness (QED) is 0.233. The van der Waals surface area contributed by atoms with Crippen LogP contribution in [0.5, 0.6) is 0 Å². The molecule has 1 aromatic carbocycles. The zero-order valence-electron chi connectivity index (χ0n) is 15.8. The van der Waals surface area contributed by atoms with Gasteiger partial charge in [-0.05, 0) is 57.2 Å². The van der Waals surface area contributed by atoms with Crippen molar-refractivity contribution in [2.75, 3.05) is 13.1 Å². The number of halogens is 2. The van der Waals surface area contributed by atoms with Crippen LogP contribution in [-0.2, 0) is 4.79 Å². The van der Waals surface area contributed by atoms with Crippen molar-refractivity contribution in [3.8, 4) is 0 Å². The van der Waals surface area contributed by atoms with Crippen LogP contribution < -0.4 is 16.0 Å². The lowest BCUT2D eigenvalue weighted by Crippen LogP contribution is -2.38. The standard InChI is InChI=1S/C19H29FN4O.HI/c1-4-21-19(22-11-5-6-18(25)24-16-9-10-16)23-14(3)15-8-7-13(2)17(20)12-15;/h7-8,12,14,16H,4-6,9-11H2,1-3H3,(H,24,25)(H2,21,22,23);1H. The van der Waals surface area contributed by atoms with Crippen molar-refractivity contribution in [3.63, 3.8) is 0 Å². The van der Waals surface area contributed by atoms with Crippen LogP contribution in [0.3, 0.4) is 0 Å². The fourth-order valence-corrected chi connectivity index (χ4v) is 2.44. The molecule has 1 fully saturated rings. The number of carbonyl (C=O) groups excluding carboxylic acids is 1. The number of guanidine groups is 1. The maximum Gasteiger partial charge on any atom is 0.220 e. The average molecular weight is 476 g/mol. The van der Waals surface area contributed by atoms with Crippen molar-refractivity contribution in [3.05, 3.63) is 35.1 Å². The van der Waals surface area contributed by atoms with Gasteiger partial charge in [-0.1, -0.05) is 12.1 Å². The van der Waals surface area contributed by atoms with E-state index >= 15 is 0 Å². The van der Waals surface area contributed by atoms with Crippen LogP contribution in [0, 0.1) is 12.7 Å². The van der Waals surface area contributed by atoms with Crippen LogP contribution in [0.25, 0.3) is 0 Å². The van der Waals surface area contributed by atoms with Gasteiger partial charge in [0.1, 0.15) is 5.82 Å². The predicted molar refractivity (Wildman–Crippen MR) is 114 cm³/mol. The van der Waals surface area contributed by atoms with E-state index in [1.54, 1.807) is 19.1 Å². The van der Waals surface area contributed by atoms with Crippen molar-refractivity contribution in [1.82, 2.24) is 16.0 Å². The summed E-state index contributed by atoms with van der Waals surface area (Å²) in [4.78, 5) is 16.2. The maximum absolute atomic E-state index is 13.7. The van der Waals surface area contributed by atoms with Crippen molar-refractivity contribution in [2.24, 2.45) is 4.99 Å². The lowest BCUT2D eigenvalue weighted by atomic mass is 10.1. The van der Waals surface area contributed by atoms with Gasteiger partial charge in [-0.25, -0.2) is 4.39 Å². The summed E-state index contributed by atoms with van der Waals surface area (Å²) in [6.07, 6.45) is 3.42. The topological polar surface area (TPSA) is 65.5 Å². The Morgan fingerprint density at radius 2 is 2.12 bits per heavy atom. The molecule has 1 saturated carbocycles. The van der Waals surface area contributed by atoms with Gasteiger partial charge in [0, 0.05) is 25.6 Å². The minimum atomic E-state index is -0.199. The first-order valence-electron chi connectivity index (χ1n) is 9.10. The first kappa shape index (κ1) is 22.7. The smallest absolute Gasteiger partial charge is 0.220 e. The van der Waals surface area contributed by atoms with Gasteiger partial charge in [-0.2, -0.15) is 0 Å². The highest BCUT2D eigenvalue weighted by atomic mass is 127. The average Bonchev–Trinajstić information content (AvgIpc) is 3.38. The molecule has 1 aromatic rings. The molecule has 1 atom stereocenters. The van der Waals surface area contributed by atoms with Crippen LogP contribution in [-0.4, -0.2) is 31.0 Å². The summed E-state index contributed by atoms with van der Waals surface area (Å²) in [5, 5.41) is 9.44. The largest absolute Gasteiger partial charge is 0.357 e. The van der Waals surface area contributed by atoms with Gasteiger partial charge in [-0.15, -0.1) is 24.0 Å². The molecule has 26 heavy (non-hydrogen) atoms. The summed E-state index contributed by atoms with van der Waals surface area (Å²) in [7, 11) is 0. The van der Waals surface area contributed by atoms with Crippen molar-refractivity contribution in [1.29, 1.82) is 0 Å². The van der Waals surface area contributed by atoms with Gasteiger partial charge in [-0.3, -0.25) is 9.79 Å². The molecule has 5 nitrogen and oxygen atoms in total. The third-order valence-corrected chi connectivity index (χ3v) is 4.17. The molecule has 1 aliphatic rings. The molecule has 2 rings (SSSR count). The molecule has 0 bridgehead atoms. The van der Waals surface area contributed by atoms with Crippen LogP contribution in [0.1, 0.15) is 56.7 Å². The SMILES string of the molecule is CCNC(=NCCCC(=O)NC1CC1)NC(C)c1ccc(C)c(F)c1.I. The Hall–Kier alpha value is -1.38. The second kappa shape index (κ2) is 11.4. The first-order valence-corrected chi connectivity index (χ1v) is 9.10. The highest BCUT2D eigenvalue weighted by Crippen LogP contribution is 2.18. The van der Waals surface area contributed by atoms with Crippen LogP contribution in [0.4, 0.5) is 4.39 Å². The number of carbonyl (C=O) groups is 1. The van der Waals surface area contributed by atoms with E-state index in [2.05, 4.69) is 20.9 Å². The van der Waals surface area contributed by atoms with E-state index in [4.69, 9.17) is 0 Å². The van der Waals surface area contributed by atoms with Gasteiger partial charge in [0.15, 0.2) is 5.96 Å². The lowest BCUT2D eigenvalue weighted by molar-refractivity contribution is -0.121. The van der Waals surface area contributed by atoms with Gasteiger partial charge in [0.2, 0.25) is 5.91 Å². The van der Waals surface area contributed by atoms with Crippen LogP contribution in [0.2, 0.25) is 0 Å². The molecule has 0 aliphatic heterocycles. The van der Waals surface area contributed by atoms with Crippen LogP contribution in [0.15, 0.2) is 23.2 Å². The fourth-order valence-electron chi connectivity index (χ4n) is 2.44. The summed E-state index contributed by atoms with van der Waals surface area (Å²) < 4.78 is 13.7. The minimum absolute atomic E-state index is 0. The number of amides is 1. The van der Waals surface area contributed by atoms with Crippen molar-refractivity contribution in [2.45, 2.75) is 58.5 Å². The Morgan fingerprint density at radius 1 is 1.38 bits per heavy atom. The normalized spacial score (nSPS) is 15.0. The second-order valence-corrected chi connectivity index (χ2v) is 6.58. The molecule has 7 heteroatoms. The van der Waals surface area contributed by atoms with Crippen LogP contribution >= 0.6 is 24.0 Å². The summed E-state index contributed by atoms with van der Waals surface area (Å²) in [6.45, 7) is 7.03. The Bertz CT molecular complexity index is 620. The number of benzene rings is 1. The van der Waals surface area contributed by atoms with E-state index in [0.717, 1.165) is 24.9 Å². The fraction of sp³-hybridized carbons (Fsp3) is 0.579. The molecule has 0 radical (unpaired) electrons. The number of aryl methyl sites for hydroxylation is 1. The lowest BCUT2D eigenvalue weighted by Gasteiger charge is -2.18. The van der Waals surface area contributed by atoms with E-state index in [9.17, 15) is 9.18 Å². The predicted octanol–water partition coefficient (Wildman–Crippen LogP) is 3.43. The number of aliphatic imine (C=N–C) groups is 1. The van der Waals surface area contributed by atoms with E-state index in [1.165, 1.54) is 0 Å². The van der Waals surface area contributed by atoms with Crippen molar-refractivity contribution < 1.29 is 9.18 Å². The molecule has 3 N–H and O–H groups in total. The molecule has 1 unspecified atom stereocenters. The molecule has 0 saturated heterocycles. The third kappa shape index (κ3) is 7.88. The molecule has 1 amide bonds. The number of hydrogen-bond donors (Lipinski definition) is 3. The summed E-state index contributed by atoms with van der Waals surface area (Å²) in [5.41, 5.74) is 1.51. The number of rotatable bonds is 8. The molecule has 0 spiro atoms. The van der Waals surface area contributed by atoms with Gasteiger partial charge < -0.3 is 16.0 Å². The van der Waals surface area contributed by atoms with E-state index in [1.807, 2.05) is 19.9 Å². The van der Waals surface area contributed by atoms with Gasteiger partial charge >= 0.3 is 0 Å². The Kier molecular flexibility index (Phi) is 9.90. The molecule has 1 aliphatic carbocycles. The second-order valence-electron chi connectivity index (χ2n) is 6.58. The van der Waals surface area contributed by atoms with Gasteiger partial charge in [0.05, 0.1) is 6.04 Å². The third-order valence-electron chi connectivity index (χ3n) is 4.17. The molecular weight excluding hydrogens is 446 g/mol. The summed E-state index contributed by atoms with van der Waals surface area (Å²) in [5.74, 6) is 0.590. The highest BCUT2D eigenvalue weighted by Gasteiger charge is 2.22. The Morgan fingerprint density at radius 3 is 2.73 bits per heavy atom. The Labute approximate surface area is 172 Å². The maximum atomic E-state index is 13.7. The Balaban J connectivity index is 0.00000338. The van der Waals surface area contributed by atoms with Gasteiger partial charge in [0.25, 0.3) is 0 Å². The number of nitrogens with one attached hydrogen (secondary N) is 3. The zero-order chi connectivity index (χ0) is 18.2. The highest BCUT2D eigenvalue weighted by molar-refractivity contribution is 14.0. The number of hydrogen-bond acceptors (Lipinski definition) is 2. The first-order chi connectivity index (χ1) is 12.0. The summed E-state index contributed by atoms with van der Waals surface area (Å²) in [6, 6.07) is 5.60. The molecule has 0 heterocycles. The van der Waals surface area contributed by atoms with E-state index in [0.29, 0.717) is 37.0 Å².